The molecule has 2 aliphatic rings. The lowest BCUT2D eigenvalue weighted by Crippen LogP contribution is -2.40. The molecule has 1 saturated carbocycles. The monoisotopic (exact) mass is 416 g/mol. The molecule has 30 heavy (non-hydrogen) atoms. The molecule has 1 amide bonds. The number of nitrogens with one attached hydrogen (secondary N) is 1. The molecule has 0 spiro atoms. The Morgan fingerprint density at radius 3 is 2.47 bits per heavy atom. The summed E-state index contributed by atoms with van der Waals surface area (Å²) in [6.45, 7) is 2.51. The molecular formula is C24H36N2O4. The Balaban J connectivity index is 1.89. The minimum absolute atomic E-state index is 0.00243. The average molecular weight is 417 g/mol. The molecule has 0 bridgehead atoms. The van der Waals surface area contributed by atoms with E-state index in [2.05, 4.69) is 5.32 Å². The normalized spacial score (nSPS) is 18.7. The number of rotatable bonds is 7. The number of carbonyl (C=O) groups excluding carboxylic acids is 1. The van der Waals surface area contributed by atoms with Crippen LogP contribution in [-0.2, 0) is 24.2 Å². The molecule has 1 aromatic heterocycles. The van der Waals surface area contributed by atoms with E-state index in [0.29, 0.717) is 12.3 Å². The zero-order valence-electron chi connectivity index (χ0n) is 18.3. The first-order valence-corrected chi connectivity index (χ1v) is 11.7. The smallest absolute Gasteiger partial charge is 0.303 e. The third-order valence-electron chi connectivity index (χ3n) is 6.68. The van der Waals surface area contributed by atoms with Gasteiger partial charge in [0.25, 0.3) is 11.5 Å². The molecule has 1 atom stereocenters. The van der Waals surface area contributed by atoms with Gasteiger partial charge in [-0.25, -0.2) is 0 Å². The van der Waals surface area contributed by atoms with Gasteiger partial charge >= 0.3 is 5.97 Å². The molecule has 6 nitrogen and oxygen atoms in total. The van der Waals surface area contributed by atoms with Crippen molar-refractivity contribution in [2.24, 2.45) is 5.92 Å². The minimum atomic E-state index is -0.882. The number of hydrogen-bond acceptors (Lipinski definition) is 3. The predicted molar refractivity (Wildman–Crippen MR) is 117 cm³/mol. The van der Waals surface area contributed by atoms with Gasteiger partial charge in [-0.1, -0.05) is 32.1 Å². The van der Waals surface area contributed by atoms with Crippen LogP contribution in [0.5, 0.6) is 0 Å². The van der Waals surface area contributed by atoms with E-state index in [4.69, 9.17) is 5.11 Å². The van der Waals surface area contributed by atoms with Gasteiger partial charge in [0, 0.05) is 24.7 Å². The third kappa shape index (κ3) is 5.96. The van der Waals surface area contributed by atoms with Gasteiger partial charge < -0.3 is 15.0 Å². The van der Waals surface area contributed by atoms with Crippen molar-refractivity contribution < 1.29 is 14.7 Å². The Bertz CT molecular complexity index is 808. The van der Waals surface area contributed by atoms with E-state index in [0.717, 1.165) is 56.3 Å². The Morgan fingerprint density at radius 1 is 1.10 bits per heavy atom. The van der Waals surface area contributed by atoms with Gasteiger partial charge in [-0.05, 0) is 69.4 Å². The van der Waals surface area contributed by atoms with Crippen LogP contribution < -0.4 is 10.9 Å². The highest BCUT2D eigenvalue weighted by molar-refractivity contribution is 5.94. The van der Waals surface area contributed by atoms with Gasteiger partial charge in [0.15, 0.2) is 0 Å². The Hall–Kier alpha value is -2.11. The van der Waals surface area contributed by atoms with E-state index in [1.54, 1.807) is 6.92 Å². The van der Waals surface area contributed by atoms with Crippen molar-refractivity contribution in [2.75, 3.05) is 0 Å². The van der Waals surface area contributed by atoms with Crippen LogP contribution in [-0.4, -0.2) is 27.6 Å². The van der Waals surface area contributed by atoms with Gasteiger partial charge in [0.1, 0.15) is 5.56 Å². The lowest BCUT2D eigenvalue weighted by molar-refractivity contribution is -0.137. The summed E-state index contributed by atoms with van der Waals surface area (Å²) in [5.41, 5.74) is 2.32. The summed E-state index contributed by atoms with van der Waals surface area (Å²) in [5, 5.41) is 11.7. The molecule has 0 saturated heterocycles. The van der Waals surface area contributed by atoms with Crippen molar-refractivity contribution >= 4 is 11.9 Å². The van der Waals surface area contributed by atoms with Gasteiger partial charge in [-0.3, -0.25) is 14.4 Å². The lowest BCUT2D eigenvalue weighted by Gasteiger charge is -2.27. The fraction of sp³-hybridized carbons (Fsp3) is 0.708. The SMILES string of the molecule is CC(CCC(=O)O)NC(=O)c1cc2c(n(CC3CCCCC3)c1=O)CCCCCC2. The van der Waals surface area contributed by atoms with E-state index in [1.165, 1.54) is 32.1 Å². The summed E-state index contributed by atoms with van der Waals surface area (Å²) in [7, 11) is 0. The van der Waals surface area contributed by atoms with E-state index >= 15 is 0 Å². The number of carbonyl (C=O) groups is 2. The highest BCUT2D eigenvalue weighted by Crippen LogP contribution is 2.27. The van der Waals surface area contributed by atoms with Crippen LogP contribution in [0.3, 0.4) is 0 Å². The molecule has 2 N–H and O–H groups in total. The van der Waals surface area contributed by atoms with Crippen LogP contribution in [0.25, 0.3) is 0 Å². The van der Waals surface area contributed by atoms with E-state index in [1.807, 2.05) is 10.6 Å². The fourth-order valence-electron chi connectivity index (χ4n) is 4.93. The summed E-state index contributed by atoms with van der Waals surface area (Å²) >= 11 is 0. The predicted octanol–water partition coefficient (Wildman–Crippen LogP) is 4.07. The Morgan fingerprint density at radius 2 is 1.77 bits per heavy atom. The summed E-state index contributed by atoms with van der Waals surface area (Å²) in [6.07, 6.45) is 12.8. The number of fused-ring (bicyclic) bond motifs is 1. The van der Waals surface area contributed by atoms with Crippen molar-refractivity contribution in [2.45, 2.75) is 103 Å². The van der Waals surface area contributed by atoms with Crippen LogP contribution >= 0.6 is 0 Å². The molecule has 166 valence electrons. The maximum atomic E-state index is 13.4. The quantitative estimate of drug-likeness (QED) is 0.701. The standard InChI is InChI=1S/C24H36N2O4/c1-17(13-14-22(27)28)25-23(29)20-15-19-11-7-2-3-8-12-21(19)26(24(20)30)16-18-9-5-4-6-10-18/h15,17-18H,2-14,16H2,1H3,(H,25,29)(H,27,28). The van der Waals surface area contributed by atoms with Gasteiger partial charge in [-0.15, -0.1) is 0 Å². The van der Waals surface area contributed by atoms with Crippen LogP contribution in [0.2, 0.25) is 0 Å². The first-order valence-electron chi connectivity index (χ1n) is 11.7. The number of aryl methyl sites for hydroxylation is 1. The number of carboxylic acid groups (broad SMARTS) is 1. The zero-order valence-corrected chi connectivity index (χ0v) is 18.3. The van der Waals surface area contributed by atoms with Crippen molar-refractivity contribution in [3.63, 3.8) is 0 Å². The third-order valence-corrected chi connectivity index (χ3v) is 6.68. The van der Waals surface area contributed by atoms with Gasteiger partial charge in [0.2, 0.25) is 0 Å². The number of hydrogen-bond donors (Lipinski definition) is 2. The molecule has 2 aliphatic carbocycles. The van der Waals surface area contributed by atoms with Crippen LogP contribution in [0.15, 0.2) is 10.9 Å². The summed E-state index contributed by atoms with van der Waals surface area (Å²) < 4.78 is 1.92. The minimum Gasteiger partial charge on any atom is -0.481 e. The second-order valence-corrected chi connectivity index (χ2v) is 9.17. The van der Waals surface area contributed by atoms with Crippen molar-refractivity contribution in [1.29, 1.82) is 0 Å². The second-order valence-electron chi connectivity index (χ2n) is 9.17. The Labute approximate surface area is 179 Å². The van der Waals surface area contributed by atoms with Crippen LogP contribution in [0.4, 0.5) is 0 Å². The largest absolute Gasteiger partial charge is 0.481 e. The van der Waals surface area contributed by atoms with Crippen LogP contribution in [0.1, 0.15) is 99.2 Å². The lowest BCUT2D eigenvalue weighted by atomic mass is 9.88. The Kier molecular flexibility index (Phi) is 8.11. The average Bonchev–Trinajstić information content (AvgIpc) is 2.70. The molecule has 1 unspecified atom stereocenters. The summed E-state index contributed by atoms with van der Waals surface area (Å²) in [6, 6.07) is 1.53. The zero-order chi connectivity index (χ0) is 21.5. The number of amides is 1. The second kappa shape index (κ2) is 10.8. The molecule has 0 aliphatic heterocycles. The maximum Gasteiger partial charge on any atom is 0.303 e. The fourth-order valence-corrected chi connectivity index (χ4v) is 4.93. The molecule has 1 fully saturated rings. The number of aliphatic carboxylic acids is 1. The highest BCUT2D eigenvalue weighted by Gasteiger charge is 2.23. The van der Waals surface area contributed by atoms with Crippen molar-refractivity contribution in [3.05, 3.63) is 33.2 Å². The number of pyridine rings is 1. The topological polar surface area (TPSA) is 88.4 Å². The molecule has 3 rings (SSSR count). The first-order chi connectivity index (χ1) is 14.5. The maximum absolute atomic E-state index is 13.4. The number of nitrogens with zero attached hydrogens (tertiary/aromatic N) is 1. The van der Waals surface area contributed by atoms with Crippen molar-refractivity contribution in [1.82, 2.24) is 9.88 Å². The molecule has 0 radical (unpaired) electrons. The van der Waals surface area contributed by atoms with Crippen LogP contribution in [0, 0.1) is 5.92 Å². The van der Waals surface area contributed by atoms with Crippen molar-refractivity contribution in [3.8, 4) is 0 Å². The molecular weight excluding hydrogens is 380 g/mol. The highest BCUT2D eigenvalue weighted by atomic mass is 16.4. The van der Waals surface area contributed by atoms with Gasteiger partial charge in [0.05, 0.1) is 0 Å². The van der Waals surface area contributed by atoms with E-state index in [-0.39, 0.29) is 29.5 Å². The van der Waals surface area contributed by atoms with E-state index < -0.39 is 5.97 Å². The molecule has 1 heterocycles. The summed E-state index contributed by atoms with van der Waals surface area (Å²) in [5.74, 6) is -0.744. The van der Waals surface area contributed by atoms with Gasteiger partial charge in [-0.2, -0.15) is 0 Å². The number of carboxylic acids is 1. The summed E-state index contributed by atoms with van der Waals surface area (Å²) in [4.78, 5) is 37.1. The first kappa shape index (κ1) is 22.6. The molecule has 6 heteroatoms. The van der Waals surface area contributed by atoms with E-state index in [9.17, 15) is 14.4 Å². The molecule has 0 aromatic carbocycles. The molecule has 1 aromatic rings. The number of aromatic nitrogens is 1.